The molecule has 0 saturated heterocycles. The first kappa shape index (κ1) is 13.1. The van der Waals surface area contributed by atoms with Crippen molar-refractivity contribution in [2.24, 2.45) is 17.8 Å². The van der Waals surface area contributed by atoms with Crippen molar-refractivity contribution in [2.75, 3.05) is 20.3 Å². The number of nitrogens with one attached hydrogen (secondary N) is 1. The lowest BCUT2D eigenvalue weighted by molar-refractivity contribution is 0.199. The summed E-state index contributed by atoms with van der Waals surface area (Å²) in [5.41, 5.74) is 0. The standard InChI is InChI=1S/C14H24N4O/c1-19-5-4-15-8-14-16-10-18(17-14)9-13-7-11-2-3-12(13)6-11/h10-13,15H,2-9H2,1H3. The molecule has 2 aliphatic rings. The third-order valence-electron chi connectivity index (χ3n) is 4.66. The lowest BCUT2D eigenvalue weighted by atomic mass is 9.89. The van der Waals surface area contributed by atoms with Crippen LogP contribution in [0.1, 0.15) is 31.5 Å². The molecule has 1 aromatic rings. The Kier molecular flexibility index (Phi) is 4.13. The third kappa shape index (κ3) is 3.15. The van der Waals surface area contributed by atoms with E-state index in [2.05, 4.69) is 15.4 Å². The Morgan fingerprint density at radius 3 is 3.11 bits per heavy atom. The quantitative estimate of drug-likeness (QED) is 0.757. The maximum absolute atomic E-state index is 4.99. The molecule has 5 nitrogen and oxygen atoms in total. The largest absolute Gasteiger partial charge is 0.383 e. The van der Waals surface area contributed by atoms with Crippen LogP contribution in [0.25, 0.3) is 0 Å². The van der Waals surface area contributed by atoms with Gasteiger partial charge in [0.15, 0.2) is 5.82 Å². The molecule has 2 aliphatic carbocycles. The SMILES string of the molecule is COCCNCc1ncn(CC2CC3CCC2C3)n1. The average molecular weight is 264 g/mol. The van der Waals surface area contributed by atoms with Gasteiger partial charge in [-0.15, -0.1) is 0 Å². The topological polar surface area (TPSA) is 52.0 Å². The number of aromatic nitrogens is 3. The minimum atomic E-state index is 0.728. The van der Waals surface area contributed by atoms with Gasteiger partial charge in [0.2, 0.25) is 0 Å². The number of nitrogens with zero attached hydrogens (tertiary/aromatic N) is 3. The molecule has 3 atom stereocenters. The molecule has 0 aromatic carbocycles. The second-order valence-corrected chi connectivity index (χ2v) is 5.99. The van der Waals surface area contributed by atoms with E-state index in [0.29, 0.717) is 0 Å². The van der Waals surface area contributed by atoms with Gasteiger partial charge in [-0.2, -0.15) is 5.10 Å². The molecule has 106 valence electrons. The van der Waals surface area contributed by atoms with E-state index in [1.165, 1.54) is 25.7 Å². The van der Waals surface area contributed by atoms with Crippen LogP contribution in [-0.2, 0) is 17.8 Å². The lowest BCUT2D eigenvalue weighted by Crippen LogP contribution is -2.20. The summed E-state index contributed by atoms with van der Waals surface area (Å²) in [5.74, 6) is 3.69. The molecule has 3 unspecified atom stereocenters. The van der Waals surface area contributed by atoms with Crippen LogP contribution in [0, 0.1) is 17.8 Å². The highest BCUT2D eigenvalue weighted by molar-refractivity contribution is 4.90. The summed E-state index contributed by atoms with van der Waals surface area (Å²) in [5, 5.41) is 7.83. The van der Waals surface area contributed by atoms with Gasteiger partial charge >= 0.3 is 0 Å². The van der Waals surface area contributed by atoms with Crippen molar-refractivity contribution >= 4 is 0 Å². The van der Waals surface area contributed by atoms with E-state index in [0.717, 1.165) is 49.8 Å². The van der Waals surface area contributed by atoms with Gasteiger partial charge in [-0.1, -0.05) is 6.42 Å². The van der Waals surface area contributed by atoms with E-state index < -0.39 is 0 Å². The van der Waals surface area contributed by atoms with Crippen LogP contribution in [0.15, 0.2) is 6.33 Å². The second-order valence-electron chi connectivity index (χ2n) is 5.99. The third-order valence-corrected chi connectivity index (χ3v) is 4.66. The maximum atomic E-state index is 4.99. The van der Waals surface area contributed by atoms with Gasteiger partial charge in [-0.05, 0) is 37.0 Å². The van der Waals surface area contributed by atoms with Gasteiger partial charge in [0.25, 0.3) is 0 Å². The molecular weight excluding hydrogens is 240 g/mol. The summed E-state index contributed by atoms with van der Waals surface area (Å²) in [6, 6.07) is 0. The van der Waals surface area contributed by atoms with Crippen LogP contribution in [-0.4, -0.2) is 35.0 Å². The minimum absolute atomic E-state index is 0.728. The Morgan fingerprint density at radius 1 is 1.42 bits per heavy atom. The van der Waals surface area contributed by atoms with Gasteiger partial charge in [0, 0.05) is 20.2 Å². The minimum Gasteiger partial charge on any atom is -0.383 e. The van der Waals surface area contributed by atoms with E-state index in [1.807, 2.05) is 11.0 Å². The number of methoxy groups -OCH3 is 1. The Balaban J connectivity index is 1.45. The van der Waals surface area contributed by atoms with Crippen LogP contribution in [0.2, 0.25) is 0 Å². The van der Waals surface area contributed by atoms with Crippen LogP contribution in [0.4, 0.5) is 0 Å². The van der Waals surface area contributed by atoms with Gasteiger partial charge in [0.1, 0.15) is 6.33 Å². The van der Waals surface area contributed by atoms with Crippen molar-refractivity contribution in [3.63, 3.8) is 0 Å². The fourth-order valence-corrected chi connectivity index (χ4v) is 3.72. The summed E-state index contributed by atoms with van der Waals surface area (Å²) in [6.07, 6.45) is 7.67. The number of rotatable bonds is 7. The number of fused-ring (bicyclic) bond motifs is 2. The van der Waals surface area contributed by atoms with Crippen molar-refractivity contribution in [1.82, 2.24) is 20.1 Å². The molecule has 5 heteroatoms. The molecular formula is C14H24N4O. The normalized spacial score (nSPS) is 29.2. The summed E-state index contributed by atoms with van der Waals surface area (Å²) in [6.45, 7) is 3.36. The van der Waals surface area contributed by atoms with Gasteiger partial charge in [-0.25, -0.2) is 4.98 Å². The molecule has 3 rings (SSSR count). The van der Waals surface area contributed by atoms with Crippen molar-refractivity contribution in [2.45, 2.75) is 38.8 Å². The van der Waals surface area contributed by atoms with Crippen LogP contribution < -0.4 is 5.32 Å². The molecule has 19 heavy (non-hydrogen) atoms. The van der Waals surface area contributed by atoms with Crippen LogP contribution >= 0.6 is 0 Å². The fourth-order valence-electron chi connectivity index (χ4n) is 3.72. The molecule has 2 fully saturated rings. The highest BCUT2D eigenvalue weighted by atomic mass is 16.5. The molecule has 0 amide bonds. The first-order valence-electron chi connectivity index (χ1n) is 7.43. The summed E-state index contributed by atoms with van der Waals surface area (Å²) >= 11 is 0. The Labute approximate surface area is 114 Å². The van der Waals surface area contributed by atoms with Crippen molar-refractivity contribution in [3.05, 3.63) is 12.2 Å². The molecule has 1 aromatic heterocycles. The molecule has 2 saturated carbocycles. The van der Waals surface area contributed by atoms with Crippen molar-refractivity contribution < 1.29 is 4.74 Å². The van der Waals surface area contributed by atoms with Gasteiger partial charge in [-0.3, -0.25) is 4.68 Å². The predicted molar refractivity (Wildman–Crippen MR) is 72.5 cm³/mol. The molecule has 0 spiro atoms. The average Bonchev–Trinajstić information content (AvgIpc) is 3.11. The number of hydrogen-bond donors (Lipinski definition) is 1. The van der Waals surface area contributed by atoms with E-state index in [9.17, 15) is 0 Å². The first-order valence-corrected chi connectivity index (χ1v) is 7.43. The summed E-state index contributed by atoms with van der Waals surface area (Å²) in [7, 11) is 1.71. The Hall–Kier alpha value is -0.940. The zero-order chi connectivity index (χ0) is 13.1. The van der Waals surface area contributed by atoms with Crippen molar-refractivity contribution in [3.8, 4) is 0 Å². The second kappa shape index (κ2) is 6.01. The molecule has 2 bridgehead atoms. The predicted octanol–water partition coefficient (Wildman–Crippen LogP) is 1.45. The highest BCUT2D eigenvalue weighted by Crippen LogP contribution is 2.48. The van der Waals surface area contributed by atoms with Crippen molar-refractivity contribution in [1.29, 1.82) is 0 Å². The van der Waals surface area contributed by atoms with E-state index in [4.69, 9.17) is 4.74 Å². The van der Waals surface area contributed by atoms with Crippen LogP contribution in [0.5, 0.6) is 0 Å². The maximum Gasteiger partial charge on any atom is 0.164 e. The monoisotopic (exact) mass is 264 g/mol. The van der Waals surface area contributed by atoms with E-state index in [1.54, 1.807) is 7.11 Å². The fraction of sp³-hybridized carbons (Fsp3) is 0.857. The Bertz CT molecular complexity index is 406. The molecule has 1 N–H and O–H groups in total. The number of hydrogen-bond acceptors (Lipinski definition) is 4. The molecule has 1 heterocycles. The smallest absolute Gasteiger partial charge is 0.164 e. The first-order chi connectivity index (χ1) is 9.35. The Morgan fingerprint density at radius 2 is 2.37 bits per heavy atom. The summed E-state index contributed by atoms with van der Waals surface area (Å²) < 4.78 is 7.03. The van der Waals surface area contributed by atoms with E-state index >= 15 is 0 Å². The zero-order valence-electron chi connectivity index (χ0n) is 11.7. The van der Waals surface area contributed by atoms with Gasteiger partial charge < -0.3 is 10.1 Å². The molecule has 0 radical (unpaired) electrons. The zero-order valence-corrected chi connectivity index (χ0v) is 11.7. The van der Waals surface area contributed by atoms with Crippen LogP contribution in [0.3, 0.4) is 0 Å². The highest BCUT2D eigenvalue weighted by Gasteiger charge is 2.39. The van der Waals surface area contributed by atoms with E-state index in [-0.39, 0.29) is 0 Å². The van der Waals surface area contributed by atoms with Gasteiger partial charge in [0.05, 0.1) is 13.2 Å². The summed E-state index contributed by atoms with van der Waals surface area (Å²) in [4.78, 5) is 4.37. The lowest BCUT2D eigenvalue weighted by Gasteiger charge is -2.20. The number of ether oxygens (including phenoxy) is 1. The molecule has 0 aliphatic heterocycles.